The summed E-state index contributed by atoms with van der Waals surface area (Å²) in [6, 6.07) is 12.8. The zero-order chi connectivity index (χ0) is 24.4. The monoisotopic (exact) mass is 476 g/mol. The van der Waals surface area contributed by atoms with Gasteiger partial charge in [-0.05, 0) is 30.2 Å². The normalized spacial score (nSPS) is 12.9. The molecule has 12 heteroatoms. The minimum Gasteiger partial charge on any atom is -0.394 e. The quantitative estimate of drug-likeness (QED) is 0.181. The van der Waals surface area contributed by atoms with Crippen molar-refractivity contribution < 1.29 is 23.1 Å². The number of carbonyl (C=O) groups is 2. The van der Waals surface area contributed by atoms with Gasteiger partial charge >= 0.3 is 0 Å². The molecule has 0 spiro atoms. The Morgan fingerprint density at radius 2 is 1.64 bits per heavy atom. The van der Waals surface area contributed by atoms with Crippen LogP contribution in [0.1, 0.15) is 18.1 Å². The van der Waals surface area contributed by atoms with Gasteiger partial charge in [0.05, 0.1) is 18.0 Å². The third kappa shape index (κ3) is 8.88. The van der Waals surface area contributed by atoms with E-state index in [0.29, 0.717) is 11.3 Å². The van der Waals surface area contributed by atoms with Crippen molar-refractivity contribution >= 4 is 33.5 Å². The molecule has 0 heterocycles. The molecule has 2 rings (SSSR count). The highest BCUT2D eigenvalue weighted by Gasteiger charge is 2.26. The zero-order valence-electron chi connectivity index (χ0n) is 18.1. The number of guanidine groups is 1. The molecule has 2 unspecified atom stereocenters. The van der Waals surface area contributed by atoms with Crippen molar-refractivity contribution in [1.29, 1.82) is 0 Å². The molecule has 2 amide bonds. The Morgan fingerprint density at radius 3 is 2.21 bits per heavy atom. The average Bonchev–Trinajstić information content (AvgIpc) is 2.76. The van der Waals surface area contributed by atoms with E-state index < -0.39 is 40.5 Å². The Kier molecular flexibility index (Phi) is 9.33. The van der Waals surface area contributed by atoms with E-state index in [9.17, 15) is 23.1 Å². The maximum atomic E-state index is 12.4. The summed E-state index contributed by atoms with van der Waals surface area (Å²) in [6.07, 6.45) is 0. The smallest absolute Gasteiger partial charge is 0.242 e. The first-order chi connectivity index (χ1) is 15.6. The third-order valence-corrected chi connectivity index (χ3v) is 5.79. The molecule has 0 saturated heterocycles. The number of carbonyl (C=O) groups excluding carboxylic acids is 2. The minimum atomic E-state index is -3.90. The number of nitrogens with one attached hydrogen (secondary N) is 3. The molecule has 0 aromatic heterocycles. The molecular weight excluding hydrogens is 448 g/mol. The molecule has 8 N–H and O–H groups in total. The van der Waals surface area contributed by atoms with Gasteiger partial charge in [-0.2, -0.15) is 0 Å². The van der Waals surface area contributed by atoms with Crippen molar-refractivity contribution in [3.8, 4) is 0 Å². The summed E-state index contributed by atoms with van der Waals surface area (Å²) in [4.78, 5) is 28.6. The summed E-state index contributed by atoms with van der Waals surface area (Å²) < 4.78 is 26.8. The van der Waals surface area contributed by atoms with Crippen molar-refractivity contribution in [1.82, 2.24) is 15.4 Å². The van der Waals surface area contributed by atoms with Crippen LogP contribution in [0.4, 0.5) is 5.69 Å². The highest BCUT2D eigenvalue weighted by molar-refractivity contribution is 7.88. The summed E-state index contributed by atoms with van der Waals surface area (Å²) in [6.45, 7) is 0.868. The number of hydrogen-bond acceptors (Lipinski definition) is 6. The van der Waals surface area contributed by atoms with Gasteiger partial charge in [-0.3, -0.25) is 9.59 Å². The van der Waals surface area contributed by atoms with Gasteiger partial charge < -0.3 is 27.2 Å². The first-order valence-corrected chi connectivity index (χ1v) is 11.7. The molecule has 0 bridgehead atoms. The van der Waals surface area contributed by atoms with Gasteiger partial charge in [-0.15, -0.1) is 0 Å². The Balaban J connectivity index is 1.87. The van der Waals surface area contributed by atoms with Crippen LogP contribution in [0.2, 0.25) is 0 Å². The molecule has 178 valence electrons. The van der Waals surface area contributed by atoms with Crippen molar-refractivity contribution in [2.75, 3.05) is 6.61 Å². The molecule has 0 aliphatic rings. The van der Waals surface area contributed by atoms with Gasteiger partial charge in [-0.25, -0.2) is 18.1 Å². The fourth-order valence-corrected chi connectivity index (χ4v) is 4.11. The average molecular weight is 477 g/mol. The number of nitrogens with zero attached hydrogens (tertiary/aromatic N) is 1. The number of benzene rings is 2. The third-order valence-electron chi connectivity index (χ3n) is 4.43. The Bertz CT molecular complexity index is 1070. The van der Waals surface area contributed by atoms with Crippen LogP contribution in [0.15, 0.2) is 59.6 Å². The lowest BCUT2D eigenvalue weighted by molar-refractivity contribution is -0.130. The van der Waals surface area contributed by atoms with E-state index in [1.54, 1.807) is 54.6 Å². The number of aliphatic hydroxyl groups is 1. The van der Waals surface area contributed by atoms with Crippen LogP contribution in [-0.2, 0) is 31.9 Å². The summed E-state index contributed by atoms with van der Waals surface area (Å²) in [7, 11) is -3.90. The second-order valence-electron chi connectivity index (χ2n) is 7.25. The first kappa shape index (κ1) is 25.8. The molecule has 2 aromatic rings. The van der Waals surface area contributed by atoms with E-state index in [1.165, 1.54) is 6.92 Å². The van der Waals surface area contributed by atoms with Crippen LogP contribution in [0, 0.1) is 0 Å². The lowest BCUT2D eigenvalue weighted by Crippen LogP contribution is -2.54. The van der Waals surface area contributed by atoms with Crippen LogP contribution >= 0.6 is 0 Å². The summed E-state index contributed by atoms with van der Waals surface area (Å²) >= 11 is 0. The topological polar surface area (TPSA) is 189 Å². The van der Waals surface area contributed by atoms with Gasteiger partial charge in [0, 0.05) is 6.54 Å². The number of sulfonamides is 1. The predicted molar refractivity (Wildman–Crippen MR) is 124 cm³/mol. The number of nitrogens with two attached hydrogens (primary N) is 2. The number of aliphatic imine (C=N–C) groups is 1. The molecule has 0 aliphatic carbocycles. The summed E-state index contributed by atoms with van der Waals surface area (Å²) in [5, 5.41) is 14.6. The highest BCUT2D eigenvalue weighted by atomic mass is 32.2. The summed E-state index contributed by atoms with van der Waals surface area (Å²) in [5.41, 5.74) is 12.5. The Morgan fingerprint density at radius 1 is 1.00 bits per heavy atom. The van der Waals surface area contributed by atoms with Crippen LogP contribution in [0.25, 0.3) is 0 Å². The predicted octanol–water partition coefficient (Wildman–Crippen LogP) is -0.807. The van der Waals surface area contributed by atoms with E-state index >= 15 is 0 Å². The zero-order valence-corrected chi connectivity index (χ0v) is 18.9. The maximum Gasteiger partial charge on any atom is 0.242 e. The fraction of sp³-hybridized carbons (Fsp3) is 0.286. The van der Waals surface area contributed by atoms with Crippen molar-refractivity contribution in [3.63, 3.8) is 0 Å². The number of hydrogen-bond donors (Lipinski definition) is 6. The standard InChI is InChI=1S/C21H28N6O5S/c1-14(19(29)24-11-15-7-9-17(10-8-15)26-21(22)23)25-20(30)18(12-28)27-33(31,32)13-16-5-3-2-4-6-16/h2-10,14,18,27-28H,11-13H2,1H3,(H,24,29)(H,25,30)(H4,22,23,26). The minimum absolute atomic E-state index is 0.0656. The van der Waals surface area contributed by atoms with Gasteiger partial charge in [0.1, 0.15) is 12.1 Å². The molecular formula is C21H28N6O5S. The molecule has 0 radical (unpaired) electrons. The van der Waals surface area contributed by atoms with E-state index in [0.717, 1.165) is 5.56 Å². The van der Waals surface area contributed by atoms with Crippen molar-refractivity contribution in [3.05, 3.63) is 65.7 Å². The largest absolute Gasteiger partial charge is 0.394 e. The lowest BCUT2D eigenvalue weighted by Gasteiger charge is -2.19. The van der Waals surface area contributed by atoms with Crippen LogP contribution < -0.4 is 26.8 Å². The molecule has 11 nitrogen and oxygen atoms in total. The van der Waals surface area contributed by atoms with Gasteiger partial charge in [0.2, 0.25) is 21.8 Å². The lowest BCUT2D eigenvalue weighted by atomic mass is 10.2. The van der Waals surface area contributed by atoms with Gasteiger partial charge in [0.25, 0.3) is 0 Å². The van der Waals surface area contributed by atoms with E-state index in [2.05, 4.69) is 20.3 Å². The van der Waals surface area contributed by atoms with E-state index in [4.69, 9.17) is 11.5 Å². The molecule has 0 fully saturated rings. The number of rotatable bonds is 11. The van der Waals surface area contributed by atoms with E-state index in [1.807, 2.05) is 0 Å². The SMILES string of the molecule is CC(NC(=O)C(CO)NS(=O)(=O)Cc1ccccc1)C(=O)NCc1ccc(N=C(N)N)cc1. The van der Waals surface area contributed by atoms with Crippen molar-refractivity contribution in [2.24, 2.45) is 16.5 Å². The highest BCUT2D eigenvalue weighted by Crippen LogP contribution is 2.12. The molecule has 33 heavy (non-hydrogen) atoms. The van der Waals surface area contributed by atoms with Crippen LogP contribution in [0.5, 0.6) is 0 Å². The van der Waals surface area contributed by atoms with Crippen LogP contribution in [-0.4, -0.2) is 50.0 Å². The van der Waals surface area contributed by atoms with Crippen molar-refractivity contribution in [2.45, 2.75) is 31.3 Å². The van der Waals surface area contributed by atoms with E-state index in [-0.39, 0.29) is 18.3 Å². The second-order valence-corrected chi connectivity index (χ2v) is 9.00. The van der Waals surface area contributed by atoms with Gasteiger partial charge in [-0.1, -0.05) is 42.5 Å². The molecule has 0 saturated carbocycles. The van der Waals surface area contributed by atoms with Gasteiger partial charge in [0.15, 0.2) is 5.96 Å². The van der Waals surface area contributed by atoms with Crippen LogP contribution in [0.3, 0.4) is 0 Å². The number of aliphatic hydroxyl groups excluding tert-OH is 1. The number of amides is 2. The first-order valence-electron chi connectivity index (χ1n) is 10.0. The Labute approximate surface area is 192 Å². The maximum absolute atomic E-state index is 12.4. The summed E-state index contributed by atoms with van der Waals surface area (Å²) in [5.74, 6) is -1.72. The Hall–Kier alpha value is -3.48. The molecule has 2 atom stereocenters. The molecule has 2 aromatic carbocycles. The molecule has 0 aliphatic heterocycles. The fourth-order valence-electron chi connectivity index (χ4n) is 2.78. The second kappa shape index (κ2) is 11.9.